The summed E-state index contributed by atoms with van der Waals surface area (Å²) in [5.74, 6) is 0.170. The van der Waals surface area contributed by atoms with E-state index in [1.807, 2.05) is 6.92 Å². The van der Waals surface area contributed by atoms with Crippen LogP contribution < -0.4 is 0 Å². The second kappa shape index (κ2) is 7.91. The van der Waals surface area contributed by atoms with Crippen LogP contribution in [-0.4, -0.2) is 57.2 Å². The lowest BCUT2D eigenvalue weighted by atomic mass is 10.2. The average Bonchev–Trinajstić information content (AvgIpc) is 2.12. The molecule has 0 saturated heterocycles. The largest absolute Gasteiger partial charge is 0.383 e. The van der Waals surface area contributed by atoms with Crippen molar-refractivity contribution in [3.05, 3.63) is 0 Å². The molecule has 0 aromatic carbocycles. The summed E-state index contributed by atoms with van der Waals surface area (Å²) in [4.78, 5) is 13.1. The zero-order chi connectivity index (χ0) is 11.0. The van der Waals surface area contributed by atoms with Gasteiger partial charge in [-0.25, -0.2) is 0 Å². The van der Waals surface area contributed by atoms with Gasteiger partial charge in [0.25, 0.3) is 0 Å². The molecule has 0 aliphatic rings. The average molecular weight is 203 g/mol. The van der Waals surface area contributed by atoms with Crippen molar-refractivity contribution in [1.29, 1.82) is 0 Å². The Balaban J connectivity index is 4.00. The van der Waals surface area contributed by atoms with Gasteiger partial charge in [-0.15, -0.1) is 0 Å². The first kappa shape index (κ1) is 13.5. The fourth-order valence-corrected chi connectivity index (χ4v) is 1.30. The minimum Gasteiger partial charge on any atom is -0.383 e. The van der Waals surface area contributed by atoms with Gasteiger partial charge in [0.15, 0.2) is 0 Å². The Morgan fingerprint density at radius 1 is 1.36 bits per heavy atom. The van der Waals surface area contributed by atoms with E-state index in [9.17, 15) is 4.79 Å². The molecule has 4 nitrogen and oxygen atoms in total. The van der Waals surface area contributed by atoms with Gasteiger partial charge in [-0.2, -0.15) is 0 Å². The van der Waals surface area contributed by atoms with Crippen LogP contribution in [0.4, 0.5) is 0 Å². The van der Waals surface area contributed by atoms with Crippen molar-refractivity contribution in [2.75, 3.05) is 40.5 Å². The van der Waals surface area contributed by atoms with Gasteiger partial charge in [0.2, 0.25) is 0 Å². The van der Waals surface area contributed by atoms with Gasteiger partial charge in [0.05, 0.1) is 19.8 Å². The number of carbonyl (C=O) groups excluding carboxylic acids is 1. The Bertz CT molecular complexity index is 161. The summed E-state index contributed by atoms with van der Waals surface area (Å²) in [6.45, 7) is 6.15. The summed E-state index contributed by atoms with van der Waals surface area (Å²) >= 11 is 0. The number of hydrogen-bond donors (Lipinski definition) is 0. The highest BCUT2D eigenvalue weighted by Gasteiger charge is 2.14. The molecule has 0 aromatic heterocycles. The zero-order valence-corrected chi connectivity index (χ0v) is 9.58. The molecule has 0 aliphatic heterocycles. The first-order chi connectivity index (χ1) is 6.61. The summed E-state index contributed by atoms with van der Waals surface area (Å²) in [7, 11) is 3.33. The van der Waals surface area contributed by atoms with E-state index in [2.05, 4.69) is 4.90 Å². The summed E-state index contributed by atoms with van der Waals surface area (Å²) < 4.78 is 10.0. The molecular weight excluding hydrogens is 182 g/mol. The number of carbonyl (C=O) groups is 1. The molecule has 1 atom stereocenters. The lowest BCUT2D eigenvalue weighted by Crippen LogP contribution is -2.41. The maximum Gasteiger partial charge on any atom is 0.143 e. The molecule has 0 radical (unpaired) electrons. The number of rotatable bonds is 8. The Labute approximate surface area is 86.2 Å². The summed E-state index contributed by atoms with van der Waals surface area (Å²) in [5.41, 5.74) is 0. The second-order valence-corrected chi connectivity index (χ2v) is 3.47. The van der Waals surface area contributed by atoms with Gasteiger partial charge in [-0.3, -0.25) is 9.69 Å². The lowest BCUT2D eigenvalue weighted by molar-refractivity contribution is -0.119. The highest BCUT2D eigenvalue weighted by Crippen LogP contribution is 1.99. The van der Waals surface area contributed by atoms with Crippen LogP contribution in [0.5, 0.6) is 0 Å². The fraction of sp³-hybridized carbons (Fsp3) is 0.900. The molecule has 0 spiro atoms. The predicted octanol–water partition coefficient (Wildman–Crippen LogP) is 0.559. The minimum absolute atomic E-state index is 0.170. The second-order valence-electron chi connectivity index (χ2n) is 3.47. The summed E-state index contributed by atoms with van der Waals surface area (Å²) in [5, 5.41) is 0. The maximum atomic E-state index is 11.0. The number of hydrogen-bond acceptors (Lipinski definition) is 4. The summed E-state index contributed by atoms with van der Waals surface area (Å²) in [6.07, 6.45) is 0. The quantitative estimate of drug-likeness (QED) is 0.578. The third-order valence-electron chi connectivity index (χ3n) is 2.04. The third kappa shape index (κ3) is 6.07. The van der Waals surface area contributed by atoms with E-state index >= 15 is 0 Å². The molecule has 0 aliphatic carbocycles. The molecule has 0 aromatic rings. The number of ketones is 1. The normalized spacial score (nSPS) is 13.2. The molecule has 0 amide bonds. The van der Waals surface area contributed by atoms with E-state index in [0.29, 0.717) is 19.8 Å². The number of methoxy groups -OCH3 is 2. The third-order valence-corrected chi connectivity index (χ3v) is 2.04. The smallest absolute Gasteiger partial charge is 0.143 e. The minimum atomic E-state index is 0.170. The highest BCUT2D eigenvalue weighted by atomic mass is 16.5. The fourth-order valence-electron chi connectivity index (χ4n) is 1.30. The maximum absolute atomic E-state index is 11.0. The van der Waals surface area contributed by atoms with Crippen LogP contribution in [0.15, 0.2) is 0 Å². The number of ether oxygens (including phenoxy) is 2. The molecule has 1 unspecified atom stereocenters. The Kier molecular flexibility index (Phi) is 7.65. The highest BCUT2D eigenvalue weighted by molar-refractivity contribution is 5.77. The zero-order valence-electron chi connectivity index (χ0n) is 9.58. The number of nitrogens with zero attached hydrogens (tertiary/aromatic N) is 1. The van der Waals surface area contributed by atoms with E-state index in [1.165, 1.54) is 0 Å². The van der Waals surface area contributed by atoms with E-state index in [-0.39, 0.29) is 11.8 Å². The molecule has 0 saturated carbocycles. The molecule has 4 heteroatoms. The topological polar surface area (TPSA) is 38.8 Å². The van der Waals surface area contributed by atoms with Gasteiger partial charge in [-0.05, 0) is 13.8 Å². The van der Waals surface area contributed by atoms with Crippen molar-refractivity contribution in [3.63, 3.8) is 0 Å². The van der Waals surface area contributed by atoms with Crippen LogP contribution in [0.3, 0.4) is 0 Å². The monoisotopic (exact) mass is 203 g/mol. The molecule has 14 heavy (non-hydrogen) atoms. The Morgan fingerprint density at radius 2 is 2.00 bits per heavy atom. The van der Waals surface area contributed by atoms with Crippen LogP contribution in [0.1, 0.15) is 13.8 Å². The first-order valence-electron chi connectivity index (χ1n) is 4.83. The van der Waals surface area contributed by atoms with Crippen LogP contribution >= 0.6 is 0 Å². The predicted molar refractivity (Wildman–Crippen MR) is 55.5 cm³/mol. The lowest BCUT2D eigenvalue weighted by Gasteiger charge is -2.27. The molecular formula is C10H21NO3. The number of Topliss-reactive ketones (excluding diaryl/α,β-unsaturated/α-hetero) is 1. The van der Waals surface area contributed by atoms with E-state index in [1.54, 1.807) is 21.1 Å². The van der Waals surface area contributed by atoms with Crippen LogP contribution in [0.2, 0.25) is 0 Å². The van der Waals surface area contributed by atoms with Crippen molar-refractivity contribution in [2.45, 2.75) is 19.9 Å². The van der Waals surface area contributed by atoms with E-state index in [4.69, 9.17) is 9.47 Å². The van der Waals surface area contributed by atoms with Gasteiger partial charge < -0.3 is 9.47 Å². The Morgan fingerprint density at radius 3 is 2.43 bits per heavy atom. The van der Waals surface area contributed by atoms with Gasteiger partial charge in [0.1, 0.15) is 5.78 Å². The van der Waals surface area contributed by atoms with Crippen LogP contribution in [0.25, 0.3) is 0 Å². The molecule has 84 valence electrons. The van der Waals surface area contributed by atoms with Crippen molar-refractivity contribution in [2.24, 2.45) is 0 Å². The van der Waals surface area contributed by atoms with Crippen LogP contribution in [-0.2, 0) is 14.3 Å². The van der Waals surface area contributed by atoms with Crippen molar-refractivity contribution in [3.8, 4) is 0 Å². The van der Waals surface area contributed by atoms with Gasteiger partial charge in [0, 0.05) is 26.8 Å². The van der Waals surface area contributed by atoms with Crippen LogP contribution in [0, 0.1) is 0 Å². The Hall–Kier alpha value is -0.450. The molecule has 0 fully saturated rings. The van der Waals surface area contributed by atoms with Gasteiger partial charge >= 0.3 is 0 Å². The summed E-state index contributed by atoms with van der Waals surface area (Å²) in [6, 6.07) is 0.249. The van der Waals surface area contributed by atoms with E-state index in [0.717, 1.165) is 6.54 Å². The molecule has 0 bridgehead atoms. The first-order valence-corrected chi connectivity index (χ1v) is 4.83. The molecule has 0 rings (SSSR count). The van der Waals surface area contributed by atoms with Crippen molar-refractivity contribution >= 4 is 5.78 Å². The molecule has 0 N–H and O–H groups in total. The standard InChI is InChI=1S/C10H21NO3/c1-9(8-14-4)11(5-6-13-3)7-10(2)12/h9H,5-8H2,1-4H3. The van der Waals surface area contributed by atoms with Crippen molar-refractivity contribution in [1.82, 2.24) is 4.90 Å². The van der Waals surface area contributed by atoms with Crippen molar-refractivity contribution < 1.29 is 14.3 Å². The van der Waals surface area contributed by atoms with Gasteiger partial charge in [-0.1, -0.05) is 0 Å². The van der Waals surface area contributed by atoms with E-state index < -0.39 is 0 Å². The molecule has 0 heterocycles. The SMILES string of the molecule is COCCN(CC(C)=O)C(C)COC.